The van der Waals surface area contributed by atoms with Gasteiger partial charge in [-0.2, -0.15) is 0 Å². The molecular weight excluding hydrogens is 262 g/mol. The number of nitrogens with zero attached hydrogens (tertiary/aromatic N) is 1. The van der Waals surface area contributed by atoms with Gasteiger partial charge in [0.25, 0.3) is 0 Å². The van der Waals surface area contributed by atoms with Crippen LogP contribution in [0.2, 0.25) is 0 Å². The van der Waals surface area contributed by atoms with Crippen LogP contribution in [0.3, 0.4) is 0 Å². The Labute approximate surface area is 115 Å². The summed E-state index contributed by atoms with van der Waals surface area (Å²) in [6, 6.07) is 4.12. The first-order valence-electron chi connectivity index (χ1n) is 6.50. The van der Waals surface area contributed by atoms with Crippen molar-refractivity contribution in [1.82, 2.24) is 4.57 Å². The smallest absolute Gasteiger partial charge is 0.420 e. The van der Waals surface area contributed by atoms with Crippen LogP contribution >= 0.6 is 0 Å². The van der Waals surface area contributed by atoms with E-state index in [2.05, 4.69) is 0 Å². The standard InChI is InChI=1S/C14H17NO5/c1-3-6-19-13(17)9(2)15-11-7-10(8-16)4-5-12(11)20-14(15)18/h4-5,7,9,16H,3,6,8H2,1-2H3. The number of rotatable bonds is 5. The molecule has 1 heterocycles. The summed E-state index contributed by atoms with van der Waals surface area (Å²) >= 11 is 0. The Morgan fingerprint density at radius 2 is 2.25 bits per heavy atom. The number of ether oxygens (including phenoxy) is 1. The average molecular weight is 279 g/mol. The van der Waals surface area contributed by atoms with E-state index in [9.17, 15) is 9.59 Å². The van der Waals surface area contributed by atoms with Crippen LogP contribution in [-0.2, 0) is 16.1 Å². The summed E-state index contributed by atoms with van der Waals surface area (Å²) in [5.74, 6) is -1.10. The number of aliphatic hydroxyl groups is 1. The fourth-order valence-corrected chi connectivity index (χ4v) is 1.97. The summed E-state index contributed by atoms with van der Waals surface area (Å²) in [7, 11) is 0. The van der Waals surface area contributed by atoms with Crippen LogP contribution in [0.25, 0.3) is 11.1 Å². The second-order valence-corrected chi connectivity index (χ2v) is 4.54. The van der Waals surface area contributed by atoms with Crippen molar-refractivity contribution < 1.29 is 19.1 Å². The highest BCUT2D eigenvalue weighted by Gasteiger charge is 2.22. The zero-order valence-electron chi connectivity index (χ0n) is 11.5. The molecule has 6 heteroatoms. The molecule has 0 fully saturated rings. The number of carbonyl (C=O) groups excluding carboxylic acids is 1. The highest BCUT2D eigenvalue weighted by molar-refractivity contribution is 5.79. The van der Waals surface area contributed by atoms with Gasteiger partial charge in [-0.1, -0.05) is 13.0 Å². The number of fused-ring (bicyclic) bond motifs is 1. The fraction of sp³-hybridized carbons (Fsp3) is 0.429. The van der Waals surface area contributed by atoms with Gasteiger partial charge in [-0.05, 0) is 31.0 Å². The van der Waals surface area contributed by atoms with E-state index in [1.807, 2.05) is 6.92 Å². The molecule has 0 aliphatic rings. The van der Waals surface area contributed by atoms with E-state index in [1.165, 1.54) is 4.57 Å². The van der Waals surface area contributed by atoms with Crippen molar-refractivity contribution in [2.45, 2.75) is 32.9 Å². The Bertz CT molecular complexity index is 670. The lowest BCUT2D eigenvalue weighted by Gasteiger charge is -2.12. The van der Waals surface area contributed by atoms with Crippen molar-refractivity contribution in [2.24, 2.45) is 0 Å². The van der Waals surface area contributed by atoms with E-state index in [0.717, 1.165) is 0 Å². The third-order valence-electron chi connectivity index (χ3n) is 3.04. The molecule has 1 atom stereocenters. The number of benzene rings is 1. The van der Waals surface area contributed by atoms with Gasteiger partial charge < -0.3 is 14.3 Å². The Hall–Kier alpha value is -2.08. The number of aromatic nitrogens is 1. The molecule has 0 aliphatic heterocycles. The van der Waals surface area contributed by atoms with Gasteiger partial charge in [-0.3, -0.25) is 4.57 Å². The highest BCUT2D eigenvalue weighted by Crippen LogP contribution is 2.19. The number of aliphatic hydroxyl groups excluding tert-OH is 1. The monoisotopic (exact) mass is 279 g/mol. The van der Waals surface area contributed by atoms with E-state index < -0.39 is 17.8 Å². The SMILES string of the molecule is CCCOC(=O)C(C)n1c(=O)oc2ccc(CO)cc21. The number of hydrogen-bond donors (Lipinski definition) is 1. The van der Waals surface area contributed by atoms with Crippen molar-refractivity contribution >= 4 is 17.1 Å². The molecule has 1 N–H and O–H groups in total. The first-order chi connectivity index (χ1) is 9.58. The zero-order valence-corrected chi connectivity index (χ0v) is 11.5. The fourth-order valence-electron chi connectivity index (χ4n) is 1.97. The second-order valence-electron chi connectivity index (χ2n) is 4.54. The number of carbonyl (C=O) groups is 1. The van der Waals surface area contributed by atoms with Crippen LogP contribution in [0.5, 0.6) is 0 Å². The van der Waals surface area contributed by atoms with Gasteiger partial charge in [0.05, 0.1) is 18.7 Å². The molecule has 2 aromatic rings. The minimum atomic E-state index is -0.774. The van der Waals surface area contributed by atoms with Gasteiger partial charge in [0.2, 0.25) is 0 Å². The summed E-state index contributed by atoms with van der Waals surface area (Å²) in [6.07, 6.45) is 0.716. The molecule has 1 aromatic heterocycles. The van der Waals surface area contributed by atoms with Crippen LogP contribution in [0.4, 0.5) is 0 Å². The quantitative estimate of drug-likeness (QED) is 0.841. The summed E-state index contributed by atoms with van der Waals surface area (Å²) in [4.78, 5) is 23.8. The molecule has 0 aliphatic carbocycles. The summed E-state index contributed by atoms with van der Waals surface area (Å²) < 4.78 is 11.4. The first-order valence-corrected chi connectivity index (χ1v) is 6.50. The molecule has 1 unspecified atom stereocenters. The van der Waals surface area contributed by atoms with Crippen LogP contribution in [0.1, 0.15) is 31.9 Å². The largest absolute Gasteiger partial charge is 0.464 e. The van der Waals surface area contributed by atoms with E-state index in [0.29, 0.717) is 29.7 Å². The maximum Gasteiger partial charge on any atom is 0.420 e. The molecule has 1 aromatic carbocycles. The highest BCUT2D eigenvalue weighted by atomic mass is 16.5. The van der Waals surface area contributed by atoms with Crippen LogP contribution in [0.15, 0.2) is 27.4 Å². The Morgan fingerprint density at radius 3 is 2.90 bits per heavy atom. The van der Waals surface area contributed by atoms with E-state index >= 15 is 0 Å². The molecule has 0 saturated carbocycles. The van der Waals surface area contributed by atoms with Gasteiger partial charge in [0, 0.05) is 0 Å². The van der Waals surface area contributed by atoms with Gasteiger partial charge >= 0.3 is 11.7 Å². The lowest BCUT2D eigenvalue weighted by molar-refractivity contribution is -0.147. The topological polar surface area (TPSA) is 81.7 Å². The number of oxazole rings is 1. The molecule has 0 spiro atoms. The third kappa shape index (κ3) is 2.60. The van der Waals surface area contributed by atoms with Gasteiger partial charge in [0.1, 0.15) is 6.04 Å². The summed E-state index contributed by atoms with van der Waals surface area (Å²) in [6.45, 7) is 3.64. The van der Waals surface area contributed by atoms with Gasteiger partial charge in [-0.25, -0.2) is 9.59 Å². The van der Waals surface area contributed by atoms with E-state index in [1.54, 1.807) is 25.1 Å². The molecule has 2 rings (SSSR count). The Balaban J connectivity index is 2.44. The molecule has 0 bridgehead atoms. The first kappa shape index (κ1) is 14.3. The van der Waals surface area contributed by atoms with Crippen LogP contribution < -0.4 is 5.76 Å². The van der Waals surface area contributed by atoms with Crippen molar-refractivity contribution in [3.63, 3.8) is 0 Å². The predicted octanol–water partition coefficient (Wildman–Crippen LogP) is 1.60. The molecule has 108 valence electrons. The molecule has 20 heavy (non-hydrogen) atoms. The van der Waals surface area contributed by atoms with E-state index in [-0.39, 0.29) is 6.61 Å². The Kier molecular flexibility index (Phi) is 4.24. The van der Waals surface area contributed by atoms with Crippen molar-refractivity contribution in [3.05, 3.63) is 34.3 Å². The third-order valence-corrected chi connectivity index (χ3v) is 3.04. The van der Waals surface area contributed by atoms with Crippen LogP contribution in [0, 0.1) is 0 Å². The van der Waals surface area contributed by atoms with Gasteiger partial charge in [-0.15, -0.1) is 0 Å². The molecule has 0 amide bonds. The van der Waals surface area contributed by atoms with Crippen molar-refractivity contribution in [1.29, 1.82) is 0 Å². The molecular formula is C14H17NO5. The molecule has 0 radical (unpaired) electrons. The number of esters is 1. The lowest BCUT2D eigenvalue weighted by atomic mass is 10.2. The summed E-state index contributed by atoms with van der Waals surface area (Å²) in [5.41, 5.74) is 1.49. The molecule has 0 saturated heterocycles. The van der Waals surface area contributed by atoms with Crippen LogP contribution in [-0.4, -0.2) is 22.2 Å². The maximum absolute atomic E-state index is 11.9. The Morgan fingerprint density at radius 1 is 1.50 bits per heavy atom. The zero-order chi connectivity index (χ0) is 14.7. The van der Waals surface area contributed by atoms with Crippen molar-refractivity contribution in [2.75, 3.05) is 6.61 Å². The minimum absolute atomic E-state index is 0.149. The maximum atomic E-state index is 11.9. The molecule has 6 nitrogen and oxygen atoms in total. The normalized spacial score (nSPS) is 12.6. The number of hydrogen-bond acceptors (Lipinski definition) is 5. The predicted molar refractivity (Wildman–Crippen MR) is 72.4 cm³/mol. The average Bonchev–Trinajstić information content (AvgIpc) is 2.78. The summed E-state index contributed by atoms with van der Waals surface area (Å²) in [5, 5.41) is 9.15. The van der Waals surface area contributed by atoms with E-state index in [4.69, 9.17) is 14.3 Å². The second kappa shape index (κ2) is 5.92. The lowest BCUT2D eigenvalue weighted by Crippen LogP contribution is -2.26. The minimum Gasteiger partial charge on any atom is -0.464 e. The van der Waals surface area contributed by atoms with Crippen molar-refractivity contribution in [3.8, 4) is 0 Å². The van der Waals surface area contributed by atoms with Gasteiger partial charge in [0.15, 0.2) is 5.58 Å².